The lowest BCUT2D eigenvalue weighted by molar-refractivity contribution is -0.116. The van der Waals surface area contributed by atoms with E-state index in [2.05, 4.69) is 0 Å². The minimum absolute atomic E-state index is 0.368. The van der Waals surface area contributed by atoms with E-state index in [9.17, 15) is 4.79 Å². The van der Waals surface area contributed by atoms with Gasteiger partial charge in [-0.3, -0.25) is 10.2 Å². The fourth-order valence-electron chi connectivity index (χ4n) is 1.25. The Kier molecular flexibility index (Phi) is 4.81. The summed E-state index contributed by atoms with van der Waals surface area (Å²) >= 11 is 6.10. The second-order valence-electron chi connectivity index (χ2n) is 3.05. The van der Waals surface area contributed by atoms with E-state index in [0.29, 0.717) is 22.1 Å². The zero-order chi connectivity index (χ0) is 12.8. The summed E-state index contributed by atoms with van der Waals surface area (Å²) < 4.78 is 10.2. The highest BCUT2D eigenvalue weighted by Gasteiger charge is 2.11. The average molecular weight is 257 g/mol. The van der Waals surface area contributed by atoms with Crippen LogP contribution >= 0.6 is 11.6 Å². The summed E-state index contributed by atoms with van der Waals surface area (Å²) in [5, 5.41) is 0.368. The molecule has 1 aromatic carbocycles. The molecule has 0 bridgehead atoms. The molecule has 0 unspecified atom stereocenters. The molecule has 17 heavy (non-hydrogen) atoms. The normalized spacial score (nSPS) is 10.4. The monoisotopic (exact) mass is 256 g/mol. The van der Waals surface area contributed by atoms with E-state index in [-0.39, 0.29) is 0 Å². The molecule has 0 aliphatic carbocycles. The van der Waals surface area contributed by atoms with E-state index in [1.165, 1.54) is 26.4 Å². The number of carbonyl (C=O) groups is 1. The molecular weight excluding hydrogens is 244 g/mol. The molecule has 1 aromatic rings. The summed E-state index contributed by atoms with van der Waals surface area (Å²) in [6.07, 6.45) is 2.81. The number of carbonyl (C=O) groups excluding carboxylic acids is 1. The first kappa shape index (κ1) is 13.3. The van der Waals surface area contributed by atoms with Crippen LogP contribution in [-0.2, 0) is 4.79 Å². The van der Waals surface area contributed by atoms with Crippen LogP contribution in [0.3, 0.4) is 0 Å². The van der Waals surface area contributed by atoms with Gasteiger partial charge in [0.25, 0.3) is 5.91 Å². The average Bonchev–Trinajstić information content (AvgIpc) is 2.36. The van der Waals surface area contributed by atoms with Crippen molar-refractivity contribution < 1.29 is 14.3 Å². The lowest BCUT2D eigenvalue weighted by atomic mass is 10.2. The Hall–Kier alpha value is -1.72. The number of rotatable bonds is 4. The van der Waals surface area contributed by atoms with Gasteiger partial charge in [-0.1, -0.05) is 11.6 Å². The standard InChI is InChI=1S/C11H13ClN2O3/c1-16-8-5-3-7(4-6-9(15)14-13)10(12)11(8)17-2/h3-6H,13H2,1-2H3,(H,14,15)/b6-4-. The lowest BCUT2D eigenvalue weighted by Crippen LogP contribution is -2.27. The van der Waals surface area contributed by atoms with E-state index < -0.39 is 5.91 Å². The van der Waals surface area contributed by atoms with Crippen LogP contribution in [0, 0.1) is 0 Å². The van der Waals surface area contributed by atoms with Crippen molar-refractivity contribution in [3.05, 3.63) is 28.8 Å². The molecule has 0 atom stereocenters. The number of methoxy groups -OCH3 is 2. The molecule has 3 N–H and O–H groups in total. The molecule has 1 rings (SSSR count). The summed E-state index contributed by atoms with van der Waals surface area (Å²) in [7, 11) is 3.01. The van der Waals surface area contributed by atoms with Crippen molar-refractivity contribution in [2.45, 2.75) is 0 Å². The molecule has 0 saturated heterocycles. The van der Waals surface area contributed by atoms with Gasteiger partial charge in [-0.05, 0) is 23.8 Å². The van der Waals surface area contributed by atoms with Crippen molar-refractivity contribution in [1.29, 1.82) is 0 Å². The third-order valence-electron chi connectivity index (χ3n) is 2.07. The van der Waals surface area contributed by atoms with E-state index in [4.69, 9.17) is 26.9 Å². The first-order valence-corrected chi connectivity index (χ1v) is 5.11. The summed E-state index contributed by atoms with van der Waals surface area (Å²) in [6.45, 7) is 0. The Bertz CT molecular complexity index is 447. The predicted octanol–water partition coefficient (Wildman–Crippen LogP) is 1.36. The minimum Gasteiger partial charge on any atom is -0.493 e. The van der Waals surface area contributed by atoms with E-state index in [1.807, 2.05) is 5.43 Å². The van der Waals surface area contributed by atoms with Crippen molar-refractivity contribution in [2.75, 3.05) is 14.2 Å². The second kappa shape index (κ2) is 6.12. The molecule has 0 aliphatic heterocycles. The Morgan fingerprint density at radius 2 is 2.12 bits per heavy atom. The molecule has 92 valence electrons. The first-order valence-electron chi connectivity index (χ1n) is 4.73. The van der Waals surface area contributed by atoms with Gasteiger partial charge in [0.2, 0.25) is 0 Å². The van der Waals surface area contributed by atoms with Gasteiger partial charge in [0.1, 0.15) is 0 Å². The van der Waals surface area contributed by atoms with E-state index in [0.717, 1.165) is 0 Å². The van der Waals surface area contributed by atoms with Gasteiger partial charge in [0.05, 0.1) is 19.2 Å². The van der Waals surface area contributed by atoms with Crippen molar-refractivity contribution in [2.24, 2.45) is 5.84 Å². The third kappa shape index (κ3) is 3.12. The summed E-state index contributed by atoms with van der Waals surface area (Å²) in [5.41, 5.74) is 2.61. The molecule has 5 nitrogen and oxygen atoms in total. The SMILES string of the molecule is COc1ccc(/C=C\C(=O)NN)c(Cl)c1OC. The van der Waals surface area contributed by atoms with Gasteiger partial charge in [0, 0.05) is 6.08 Å². The first-order chi connectivity index (χ1) is 8.13. The van der Waals surface area contributed by atoms with Crippen LogP contribution in [-0.4, -0.2) is 20.1 Å². The van der Waals surface area contributed by atoms with Gasteiger partial charge < -0.3 is 9.47 Å². The summed E-state index contributed by atoms with van der Waals surface area (Å²) in [5.74, 6) is 5.47. The van der Waals surface area contributed by atoms with Crippen molar-refractivity contribution >= 4 is 23.6 Å². The maximum absolute atomic E-state index is 11.0. The van der Waals surface area contributed by atoms with Crippen LogP contribution < -0.4 is 20.7 Å². The Balaban J connectivity index is 3.11. The second-order valence-corrected chi connectivity index (χ2v) is 3.42. The number of hydrogen-bond acceptors (Lipinski definition) is 4. The molecule has 0 fully saturated rings. The van der Waals surface area contributed by atoms with Gasteiger partial charge in [-0.2, -0.15) is 0 Å². The minimum atomic E-state index is -0.421. The number of hydrogen-bond donors (Lipinski definition) is 2. The number of ether oxygens (including phenoxy) is 2. The van der Waals surface area contributed by atoms with E-state index in [1.54, 1.807) is 12.1 Å². The number of hydrazine groups is 1. The molecule has 0 heterocycles. The summed E-state index contributed by atoms with van der Waals surface area (Å²) in [4.78, 5) is 11.0. The van der Waals surface area contributed by atoms with Crippen molar-refractivity contribution in [1.82, 2.24) is 5.43 Å². The fraction of sp³-hybridized carbons (Fsp3) is 0.182. The van der Waals surface area contributed by atoms with Crippen LogP contribution in [0.4, 0.5) is 0 Å². The van der Waals surface area contributed by atoms with Crippen LogP contribution in [0.1, 0.15) is 5.56 Å². The molecule has 0 aromatic heterocycles. The molecular formula is C11H13ClN2O3. The smallest absolute Gasteiger partial charge is 0.257 e. The van der Waals surface area contributed by atoms with Crippen LogP contribution in [0.25, 0.3) is 6.08 Å². The molecule has 0 saturated carbocycles. The molecule has 0 aliphatic rings. The molecule has 1 amide bonds. The zero-order valence-electron chi connectivity index (χ0n) is 9.49. The Labute approximate surface area is 104 Å². The van der Waals surface area contributed by atoms with Gasteiger partial charge >= 0.3 is 0 Å². The van der Waals surface area contributed by atoms with Gasteiger partial charge in [-0.25, -0.2) is 5.84 Å². The number of nitrogens with one attached hydrogen (secondary N) is 1. The third-order valence-corrected chi connectivity index (χ3v) is 2.46. The van der Waals surface area contributed by atoms with E-state index >= 15 is 0 Å². The molecule has 0 radical (unpaired) electrons. The van der Waals surface area contributed by atoms with Crippen LogP contribution in [0.2, 0.25) is 5.02 Å². The number of amides is 1. The number of halogens is 1. The highest BCUT2D eigenvalue weighted by atomic mass is 35.5. The zero-order valence-corrected chi connectivity index (χ0v) is 10.2. The van der Waals surface area contributed by atoms with Crippen LogP contribution in [0.15, 0.2) is 18.2 Å². The highest BCUT2D eigenvalue weighted by molar-refractivity contribution is 6.33. The lowest BCUT2D eigenvalue weighted by Gasteiger charge is -2.10. The predicted molar refractivity (Wildman–Crippen MR) is 65.9 cm³/mol. The molecule has 0 spiro atoms. The molecule has 6 heteroatoms. The Morgan fingerprint density at radius 1 is 1.41 bits per heavy atom. The quantitative estimate of drug-likeness (QED) is 0.369. The number of benzene rings is 1. The topological polar surface area (TPSA) is 73.6 Å². The van der Waals surface area contributed by atoms with Crippen LogP contribution in [0.5, 0.6) is 11.5 Å². The number of nitrogens with two attached hydrogens (primary N) is 1. The largest absolute Gasteiger partial charge is 0.493 e. The fourth-order valence-corrected chi connectivity index (χ4v) is 1.54. The van der Waals surface area contributed by atoms with Gasteiger partial charge in [-0.15, -0.1) is 0 Å². The van der Waals surface area contributed by atoms with Crippen molar-refractivity contribution in [3.63, 3.8) is 0 Å². The van der Waals surface area contributed by atoms with Crippen molar-refractivity contribution in [3.8, 4) is 11.5 Å². The maximum atomic E-state index is 11.0. The summed E-state index contributed by atoms with van der Waals surface area (Å²) in [6, 6.07) is 3.41. The van der Waals surface area contributed by atoms with Gasteiger partial charge in [0.15, 0.2) is 11.5 Å². The maximum Gasteiger partial charge on any atom is 0.257 e. The highest BCUT2D eigenvalue weighted by Crippen LogP contribution is 2.37. The Morgan fingerprint density at radius 3 is 2.65 bits per heavy atom.